The first kappa shape index (κ1) is 21.0. The van der Waals surface area contributed by atoms with Gasteiger partial charge in [0.1, 0.15) is 5.75 Å². The number of hydrogen-bond acceptors (Lipinski definition) is 4. The normalized spacial score (nSPS) is 14.0. The van der Waals surface area contributed by atoms with E-state index in [1.165, 1.54) is 0 Å². The average Bonchev–Trinajstić information content (AvgIpc) is 2.70. The van der Waals surface area contributed by atoms with E-state index in [0.29, 0.717) is 0 Å². The zero-order valence-electron chi connectivity index (χ0n) is 15.0. The summed E-state index contributed by atoms with van der Waals surface area (Å²) in [6.45, 7) is -0.369. The number of rotatable bonds is 4. The van der Waals surface area contributed by atoms with Gasteiger partial charge in [-0.25, -0.2) is 31.5 Å². The van der Waals surface area contributed by atoms with Crippen LogP contribution < -0.4 is 15.0 Å². The molecule has 3 amide bonds. The van der Waals surface area contributed by atoms with Gasteiger partial charge in [-0.3, -0.25) is 15.0 Å². The maximum Gasteiger partial charge on any atom is 0.336 e. The number of halogens is 5. The van der Waals surface area contributed by atoms with Gasteiger partial charge in [0, 0.05) is 18.5 Å². The number of methoxy groups -OCH3 is 1. The summed E-state index contributed by atoms with van der Waals surface area (Å²) in [7, 11) is 1.08. The quantitative estimate of drug-likeness (QED) is 0.441. The first-order valence-corrected chi connectivity index (χ1v) is 8.17. The Bertz CT molecular complexity index is 1080. The van der Waals surface area contributed by atoms with Crippen LogP contribution in [0, 0.1) is 29.1 Å². The van der Waals surface area contributed by atoms with Crippen LogP contribution in [0.5, 0.6) is 5.75 Å². The second-order valence-electron chi connectivity index (χ2n) is 6.04. The van der Waals surface area contributed by atoms with Crippen molar-refractivity contribution < 1.29 is 46.2 Å². The van der Waals surface area contributed by atoms with Gasteiger partial charge >= 0.3 is 12.0 Å². The van der Waals surface area contributed by atoms with Gasteiger partial charge in [-0.05, 0) is 12.1 Å². The molecular weight excluding hydrogens is 419 g/mol. The molecule has 1 fully saturated rings. The highest BCUT2D eigenvalue weighted by Gasteiger charge is 2.36. The lowest BCUT2D eigenvalue weighted by atomic mass is 9.94. The fourth-order valence-electron chi connectivity index (χ4n) is 3.04. The molecule has 1 heterocycles. The van der Waals surface area contributed by atoms with Gasteiger partial charge in [-0.15, -0.1) is 0 Å². The number of amides is 3. The minimum Gasteiger partial charge on any atom is -0.495 e. The number of anilines is 1. The number of carbonyl (C=O) groups excluding carboxylic acids is 2. The predicted octanol–water partition coefficient (Wildman–Crippen LogP) is 3.20. The minimum atomic E-state index is -2.43. The van der Waals surface area contributed by atoms with Crippen LogP contribution in [-0.2, 0) is 4.79 Å². The van der Waals surface area contributed by atoms with Crippen molar-refractivity contribution in [3.63, 3.8) is 0 Å². The number of nitrogens with one attached hydrogen (secondary N) is 1. The number of ether oxygens (including phenoxy) is 1. The summed E-state index contributed by atoms with van der Waals surface area (Å²) < 4.78 is 75.3. The molecule has 158 valence electrons. The van der Waals surface area contributed by atoms with Gasteiger partial charge < -0.3 is 9.84 Å². The second kappa shape index (κ2) is 7.61. The SMILES string of the molecule is COc1ccc(C(=O)O)c(-c2c(F)c(F)c(F)c(F)c2F)c1N1CCC(=O)NC1=O. The maximum atomic E-state index is 14.5. The Morgan fingerprint density at radius 3 is 2.07 bits per heavy atom. The van der Waals surface area contributed by atoms with E-state index >= 15 is 0 Å². The Morgan fingerprint density at radius 1 is 1.00 bits per heavy atom. The Labute approximate surface area is 164 Å². The topological polar surface area (TPSA) is 95.9 Å². The molecule has 0 radical (unpaired) electrons. The van der Waals surface area contributed by atoms with Gasteiger partial charge in [-0.1, -0.05) is 0 Å². The maximum absolute atomic E-state index is 14.5. The number of carboxylic acid groups (broad SMARTS) is 1. The monoisotopic (exact) mass is 430 g/mol. The summed E-state index contributed by atoms with van der Waals surface area (Å²) in [6.07, 6.45) is -0.275. The van der Waals surface area contributed by atoms with Gasteiger partial charge in [0.25, 0.3) is 0 Å². The van der Waals surface area contributed by atoms with E-state index in [2.05, 4.69) is 0 Å². The first-order chi connectivity index (χ1) is 14.1. The smallest absolute Gasteiger partial charge is 0.336 e. The lowest BCUT2D eigenvalue weighted by Crippen LogP contribution is -2.50. The Hall–Kier alpha value is -3.70. The third kappa shape index (κ3) is 3.19. The van der Waals surface area contributed by atoms with E-state index < -0.39 is 69.4 Å². The van der Waals surface area contributed by atoms with E-state index in [9.17, 15) is 41.4 Å². The summed E-state index contributed by atoms with van der Waals surface area (Å²) in [5, 5.41) is 11.4. The third-order valence-electron chi connectivity index (χ3n) is 4.37. The van der Waals surface area contributed by atoms with Crippen molar-refractivity contribution in [2.45, 2.75) is 6.42 Å². The molecule has 7 nitrogen and oxygen atoms in total. The number of carbonyl (C=O) groups is 3. The number of nitrogens with zero attached hydrogens (tertiary/aromatic N) is 1. The van der Waals surface area contributed by atoms with Gasteiger partial charge in [0.2, 0.25) is 11.7 Å². The first-order valence-electron chi connectivity index (χ1n) is 8.17. The molecule has 0 aliphatic carbocycles. The van der Waals surface area contributed by atoms with Crippen molar-refractivity contribution in [3.05, 3.63) is 46.8 Å². The van der Waals surface area contributed by atoms with Gasteiger partial charge in [0.05, 0.1) is 23.9 Å². The van der Waals surface area contributed by atoms with Crippen molar-refractivity contribution in [3.8, 4) is 16.9 Å². The van der Waals surface area contributed by atoms with E-state index in [4.69, 9.17) is 4.74 Å². The van der Waals surface area contributed by atoms with Crippen LogP contribution in [0.4, 0.5) is 32.4 Å². The molecule has 1 aliphatic rings. The highest BCUT2D eigenvalue weighted by Crippen LogP contribution is 2.45. The summed E-state index contributed by atoms with van der Waals surface area (Å²) in [4.78, 5) is 36.1. The minimum absolute atomic E-state index is 0.275. The standard InChI is InChI=1S/C18H11F5N2O5/c1-30-7-3-2-6(17(27)28)9(16(7)25-5-4-8(26)24-18(25)29)10-11(19)13(21)15(23)14(22)12(10)20/h2-3H,4-5H2,1H3,(H,27,28)(H,24,26,29). The van der Waals surface area contributed by atoms with Gasteiger partial charge in [0.15, 0.2) is 23.3 Å². The van der Waals surface area contributed by atoms with Crippen molar-refractivity contribution >= 4 is 23.6 Å². The van der Waals surface area contributed by atoms with E-state index in [-0.39, 0.29) is 18.7 Å². The molecule has 0 bridgehead atoms. The molecule has 2 aromatic rings. The molecule has 0 aromatic heterocycles. The molecule has 0 atom stereocenters. The number of carboxylic acids is 1. The van der Waals surface area contributed by atoms with E-state index in [1.807, 2.05) is 5.32 Å². The molecule has 12 heteroatoms. The zero-order valence-corrected chi connectivity index (χ0v) is 15.0. The van der Waals surface area contributed by atoms with Crippen LogP contribution in [0.1, 0.15) is 16.8 Å². The number of benzene rings is 2. The van der Waals surface area contributed by atoms with Crippen LogP contribution in [0.15, 0.2) is 12.1 Å². The van der Waals surface area contributed by atoms with E-state index in [1.54, 1.807) is 0 Å². The number of hydrogen-bond donors (Lipinski definition) is 2. The fraction of sp³-hybridized carbons (Fsp3) is 0.167. The molecule has 2 N–H and O–H groups in total. The fourth-order valence-corrected chi connectivity index (χ4v) is 3.04. The van der Waals surface area contributed by atoms with Crippen molar-refractivity contribution in [1.82, 2.24) is 5.32 Å². The highest BCUT2D eigenvalue weighted by molar-refractivity contribution is 6.11. The molecular formula is C18H11F5N2O5. The van der Waals surface area contributed by atoms with E-state index in [0.717, 1.165) is 24.1 Å². The molecule has 0 unspecified atom stereocenters. The molecule has 1 saturated heterocycles. The Kier molecular flexibility index (Phi) is 5.33. The van der Waals surface area contributed by atoms with Crippen LogP contribution in [0.3, 0.4) is 0 Å². The lowest BCUT2D eigenvalue weighted by molar-refractivity contribution is -0.120. The van der Waals surface area contributed by atoms with Crippen LogP contribution in [0.25, 0.3) is 11.1 Å². The zero-order chi connectivity index (χ0) is 22.3. The molecule has 0 saturated carbocycles. The molecule has 0 spiro atoms. The highest BCUT2D eigenvalue weighted by atomic mass is 19.2. The predicted molar refractivity (Wildman–Crippen MR) is 90.7 cm³/mol. The molecule has 3 rings (SSSR count). The van der Waals surface area contributed by atoms with Crippen LogP contribution in [-0.4, -0.2) is 36.7 Å². The molecule has 2 aromatic carbocycles. The molecule has 30 heavy (non-hydrogen) atoms. The summed E-state index contributed by atoms with van der Waals surface area (Å²) in [6, 6.07) is 0.764. The summed E-state index contributed by atoms with van der Waals surface area (Å²) in [5.41, 5.74) is -3.97. The van der Waals surface area contributed by atoms with Gasteiger partial charge in [-0.2, -0.15) is 0 Å². The van der Waals surface area contributed by atoms with Crippen molar-refractivity contribution in [2.75, 3.05) is 18.6 Å². The van der Waals surface area contributed by atoms with Crippen molar-refractivity contribution in [2.24, 2.45) is 0 Å². The van der Waals surface area contributed by atoms with Crippen molar-refractivity contribution in [1.29, 1.82) is 0 Å². The largest absolute Gasteiger partial charge is 0.495 e. The Balaban J connectivity index is 2.47. The van der Waals surface area contributed by atoms with Crippen LogP contribution >= 0.6 is 0 Å². The second-order valence-corrected chi connectivity index (χ2v) is 6.04. The lowest BCUT2D eigenvalue weighted by Gasteiger charge is -2.30. The third-order valence-corrected chi connectivity index (χ3v) is 4.37. The Morgan fingerprint density at radius 2 is 1.57 bits per heavy atom. The number of urea groups is 1. The average molecular weight is 430 g/mol. The van der Waals surface area contributed by atoms with Crippen LogP contribution in [0.2, 0.25) is 0 Å². The summed E-state index contributed by atoms with van der Waals surface area (Å²) in [5.74, 6) is -14.4. The molecule has 1 aliphatic heterocycles. The summed E-state index contributed by atoms with van der Waals surface area (Å²) >= 11 is 0. The number of imide groups is 1. The number of aromatic carboxylic acids is 1.